The highest BCUT2D eigenvalue weighted by Gasteiger charge is 2.28. The average Bonchev–Trinajstić information content (AvgIpc) is 2.04. The molecule has 1 atom stereocenters. The van der Waals surface area contributed by atoms with Crippen LogP contribution in [0, 0.1) is 5.92 Å². The first-order valence-electron chi connectivity index (χ1n) is 4.70. The molecule has 0 heterocycles. The first kappa shape index (κ1) is 10.5. The van der Waals surface area contributed by atoms with E-state index in [-0.39, 0.29) is 12.5 Å². The zero-order valence-corrected chi connectivity index (χ0v) is 8.25. The number of ether oxygens (including phenoxy) is 1. The van der Waals surface area contributed by atoms with Gasteiger partial charge in [0.15, 0.2) is 0 Å². The van der Waals surface area contributed by atoms with Crippen LogP contribution in [0.4, 0.5) is 0 Å². The maximum Gasteiger partial charge on any atom is 0.250 e. The Bertz CT molecular complexity index is 174. The number of nitrogens with two attached hydrogens (primary N) is 1. The monoisotopic (exact) mass is 186 g/mol. The highest BCUT2D eigenvalue weighted by molar-refractivity contribution is 5.81. The van der Waals surface area contributed by atoms with Crippen LogP contribution in [-0.4, -0.2) is 31.7 Å². The summed E-state index contributed by atoms with van der Waals surface area (Å²) in [4.78, 5) is 11.4. The second-order valence-electron chi connectivity index (χ2n) is 3.74. The minimum absolute atomic E-state index is 0.0816. The van der Waals surface area contributed by atoms with Gasteiger partial charge >= 0.3 is 0 Å². The van der Waals surface area contributed by atoms with Gasteiger partial charge in [0.1, 0.15) is 6.10 Å². The van der Waals surface area contributed by atoms with Crippen LogP contribution in [0.2, 0.25) is 0 Å². The van der Waals surface area contributed by atoms with Crippen molar-refractivity contribution in [3.05, 3.63) is 0 Å². The molecule has 0 radical (unpaired) electrons. The van der Waals surface area contributed by atoms with Gasteiger partial charge in [-0.3, -0.25) is 4.79 Å². The van der Waals surface area contributed by atoms with E-state index in [1.165, 1.54) is 7.11 Å². The zero-order chi connectivity index (χ0) is 9.84. The predicted molar refractivity (Wildman–Crippen MR) is 50.2 cm³/mol. The molecule has 0 aliphatic heterocycles. The minimum atomic E-state index is -0.490. The van der Waals surface area contributed by atoms with Crippen molar-refractivity contribution in [2.45, 2.75) is 31.9 Å². The van der Waals surface area contributed by atoms with Crippen LogP contribution < -0.4 is 11.1 Å². The Morgan fingerprint density at radius 3 is 2.69 bits per heavy atom. The van der Waals surface area contributed by atoms with E-state index in [0.717, 1.165) is 18.8 Å². The summed E-state index contributed by atoms with van der Waals surface area (Å²) in [7, 11) is 1.50. The van der Waals surface area contributed by atoms with Crippen molar-refractivity contribution in [1.29, 1.82) is 0 Å². The number of rotatable bonds is 4. The van der Waals surface area contributed by atoms with Crippen LogP contribution in [0.1, 0.15) is 19.8 Å². The molecule has 0 bridgehead atoms. The molecule has 4 nitrogen and oxygen atoms in total. The summed E-state index contributed by atoms with van der Waals surface area (Å²) in [5.41, 5.74) is 5.36. The predicted octanol–water partition coefficient (Wildman–Crippen LogP) is -0.125. The smallest absolute Gasteiger partial charge is 0.250 e. The molecule has 76 valence electrons. The molecule has 0 saturated heterocycles. The van der Waals surface area contributed by atoms with Gasteiger partial charge < -0.3 is 15.8 Å². The number of amides is 1. The zero-order valence-electron chi connectivity index (χ0n) is 8.25. The van der Waals surface area contributed by atoms with Gasteiger partial charge in [-0.2, -0.15) is 0 Å². The number of hydrogen-bond donors (Lipinski definition) is 2. The van der Waals surface area contributed by atoms with Gasteiger partial charge in [0.2, 0.25) is 0 Å². The molecule has 0 aromatic carbocycles. The van der Waals surface area contributed by atoms with Crippen molar-refractivity contribution < 1.29 is 9.53 Å². The highest BCUT2D eigenvalue weighted by Crippen LogP contribution is 2.26. The Labute approximate surface area is 78.8 Å². The number of carbonyl (C=O) groups is 1. The topological polar surface area (TPSA) is 64.3 Å². The van der Waals surface area contributed by atoms with E-state index in [4.69, 9.17) is 10.5 Å². The lowest BCUT2D eigenvalue weighted by atomic mass is 9.82. The molecular formula is C9H18N2O2. The maximum atomic E-state index is 11.4. The van der Waals surface area contributed by atoms with E-state index in [0.29, 0.717) is 6.04 Å². The number of methoxy groups -OCH3 is 1. The molecule has 0 aromatic rings. The molecule has 1 aliphatic rings. The first-order valence-corrected chi connectivity index (χ1v) is 4.70. The van der Waals surface area contributed by atoms with Crippen LogP contribution in [-0.2, 0) is 9.53 Å². The van der Waals surface area contributed by atoms with Gasteiger partial charge in [0, 0.05) is 19.7 Å². The Morgan fingerprint density at radius 2 is 2.31 bits per heavy atom. The van der Waals surface area contributed by atoms with Gasteiger partial charge in [-0.15, -0.1) is 0 Å². The molecule has 1 fully saturated rings. The lowest BCUT2D eigenvalue weighted by Crippen LogP contribution is -2.49. The molecule has 1 amide bonds. The summed E-state index contributed by atoms with van der Waals surface area (Å²) in [6.45, 7) is 2.42. The van der Waals surface area contributed by atoms with Gasteiger partial charge in [-0.1, -0.05) is 6.92 Å². The fourth-order valence-corrected chi connectivity index (χ4v) is 1.62. The third kappa shape index (κ3) is 2.67. The van der Waals surface area contributed by atoms with E-state index in [9.17, 15) is 4.79 Å². The summed E-state index contributed by atoms with van der Waals surface area (Å²) in [6, 6.07) is 0.340. The first-order chi connectivity index (χ1) is 6.17. The normalized spacial score (nSPS) is 29.2. The fourth-order valence-electron chi connectivity index (χ4n) is 1.62. The van der Waals surface area contributed by atoms with E-state index in [1.807, 2.05) is 0 Å². The molecule has 1 unspecified atom stereocenters. The second kappa shape index (κ2) is 4.58. The quantitative estimate of drug-likeness (QED) is 0.643. The van der Waals surface area contributed by atoms with E-state index < -0.39 is 6.10 Å². The van der Waals surface area contributed by atoms with Crippen LogP contribution >= 0.6 is 0 Å². The Kier molecular flexibility index (Phi) is 3.69. The maximum absolute atomic E-state index is 11.4. The van der Waals surface area contributed by atoms with E-state index >= 15 is 0 Å². The standard InChI is InChI=1S/C9H18N2O2/c1-6-3-7(4-6)11-9(12)8(5-10)13-2/h6-8H,3-5,10H2,1-2H3,(H,11,12). The van der Waals surface area contributed by atoms with Crippen molar-refractivity contribution >= 4 is 5.91 Å². The summed E-state index contributed by atoms with van der Waals surface area (Å²) in [5.74, 6) is 0.658. The van der Waals surface area contributed by atoms with Crippen molar-refractivity contribution in [1.82, 2.24) is 5.32 Å². The summed E-state index contributed by atoms with van der Waals surface area (Å²) < 4.78 is 4.92. The van der Waals surface area contributed by atoms with E-state index in [2.05, 4.69) is 12.2 Å². The Balaban J connectivity index is 2.24. The molecule has 13 heavy (non-hydrogen) atoms. The van der Waals surface area contributed by atoms with Crippen molar-refractivity contribution in [2.24, 2.45) is 11.7 Å². The third-order valence-electron chi connectivity index (χ3n) is 2.51. The third-order valence-corrected chi connectivity index (χ3v) is 2.51. The minimum Gasteiger partial charge on any atom is -0.370 e. The number of carbonyl (C=O) groups excluding carboxylic acids is 1. The molecule has 3 N–H and O–H groups in total. The summed E-state index contributed by atoms with van der Waals surface area (Å²) >= 11 is 0. The Morgan fingerprint density at radius 1 is 1.69 bits per heavy atom. The van der Waals surface area contributed by atoms with Gasteiger partial charge in [0.25, 0.3) is 5.91 Å². The average molecular weight is 186 g/mol. The van der Waals surface area contributed by atoms with Crippen molar-refractivity contribution in [3.63, 3.8) is 0 Å². The van der Waals surface area contributed by atoms with Gasteiger partial charge in [-0.05, 0) is 18.8 Å². The SMILES string of the molecule is COC(CN)C(=O)NC1CC(C)C1. The molecule has 1 rings (SSSR count). The molecule has 0 spiro atoms. The number of hydrogen-bond acceptors (Lipinski definition) is 3. The summed E-state index contributed by atoms with van der Waals surface area (Å²) in [6.07, 6.45) is 1.66. The second-order valence-corrected chi connectivity index (χ2v) is 3.74. The molecule has 0 aromatic heterocycles. The molecular weight excluding hydrogens is 168 g/mol. The van der Waals surface area contributed by atoms with Crippen LogP contribution in [0.5, 0.6) is 0 Å². The van der Waals surface area contributed by atoms with Gasteiger partial charge in [-0.25, -0.2) is 0 Å². The highest BCUT2D eigenvalue weighted by atomic mass is 16.5. The Hall–Kier alpha value is -0.610. The van der Waals surface area contributed by atoms with Crippen LogP contribution in [0.15, 0.2) is 0 Å². The largest absolute Gasteiger partial charge is 0.370 e. The lowest BCUT2D eigenvalue weighted by Gasteiger charge is -2.34. The van der Waals surface area contributed by atoms with E-state index in [1.54, 1.807) is 0 Å². The van der Waals surface area contributed by atoms with Crippen molar-refractivity contribution in [3.8, 4) is 0 Å². The molecule has 4 heteroatoms. The van der Waals surface area contributed by atoms with Crippen molar-refractivity contribution in [2.75, 3.05) is 13.7 Å². The fraction of sp³-hybridized carbons (Fsp3) is 0.889. The molecule has 1 saturated carbocycles. The van der Waals surface area contributed by atoms with Gasteiger partial charge in [0.05, 0.1) is 0 Å². The van der Waals surface area contributed by atoms with Crippen LogP contribution in [0.25, 0.3) is 0 Å². The van der Waals surface area contributed by atoms with Crippen LogP contribution in [0.3, 0.4) is 0 Å². The lowest BCUT2D eigenvalue weighted by molar-refractivity contribution is -0.132. The summed E-state index contributed by atoms with van der Waals surface area (Å²) in [5, 5.41) is 2.90. The molecule has 1 aliphatic carbocycles. The number of nitrogens with one attached hydrogen (secondary N) is 1.